The van der Waals surface area contributed by atoms with E-state index in [0.717, 1.165) is 34.6 Å². The van der Waals surface area contributed by atoms with E-state index in [1.807, 2.05) is 38.1 Å². The van der Waals surface area contributed by atoms with Crippen LogP contribution in [0.1, 0.15) is 31.4 Å². The first-order valence-electron chi connectivity index (χ1n) is 11.8. The zero-order chi connectivity index (χ0) is 24.1. The minimum Gasteiger partial charge on any atom is -0.426 e. The van der Waals surface area contributed by atoms with Crippen LogP contribution in [0.5, 0.6) is 5.75 Å². The van der Waals surface area contributed by atoms with E-state index in [0.29, 0.717) is 5.75 Å². The Morgan fingerprint density at radius 3 is 1.82 bits per heavy atom. The van der Waals surface area contributed by atoms with Crippen LogP contribution in [0.3, 0.4) is 0 Å². The van der Waals surface area contributed by atoms with Crippen molar-refractivity contribution in [3.8, 4) is 16.9 Å². The van der Waals surface area contributed by atoms with Crippen LogP contribution in [0, 0.1) is 19.8 Å². The minimum atomic E-state index is -0.191. The molecule has 0 saturated heterocycles. The van der Waals surface area contributed by atoms with Crippen LogP contribution >= 0.6 is 0 Å². The molecule has 0 aliphatic carbocycles. The average Bonchev–Trinajstić information content (AvgIpc) is 2.86. The molecule has 4 rings (SSSR count). The predicted molar refractivity (Wildman–Crippen MR) is 141 cm³/mol. The maximum Gasteiger partial charge on any atom is 0.314 e. The maximum absolute atomic E-state index is 12.1. The lowest BCUT2D eigenvalue weighted by atomic mass is 10.0. The molecule has 1 unspecified atom stereocenters. The van der Waals surface area contributed by atoms with Gasteiger partial charge in [-0.1, -0.05) is 73.5 Å². The third-order valence-corrected chi connectivity index (χ3v) is 6.11. The summed E-state index contributed by atoms with van der Waals surface area (Å²) >= 11 is 0. The van der Waals surface area contributed by atoms with Gasteiger partial charge in [-0.2, -0.15) is 0 Å². The summed E-state index contributed by atoms with van der Waals surface area (Å²) in [4.78, 5) is 14.4. The summed E-state index contributed by atoms with van der Waals surface area (Å²) in [5.74, 6) is 0.279. The number of hydrogen-bond acceptors (Lipinski definition) is 3. The van der Waals surface area contributed by atoms with Gasteiger partial charge in [0.2, 0.25) is 0 Å². The summed E-state index contributed by atoms with van der Waals surface area (Å²) in [7, 11) is 0. The average molecular weight is 450 g/mol. The highest BCUT2D eigenvalue weighted by Gasteiger charge is 2.15. The van der Waals surface area contributed by atoms with Crippen LogP contribution in [0.4, 0.5) is 17.1 Å². The lowest BCUT2D eigenvalue weighted by Gasteiger charge is -2.26. The van der Waals surface area contributed by atoms with Gasteiger partial charge in [0.1, 0.15) is 5.75 Å². The second-order valence-electron chi connectivity index (χ2n) is 8.81. The standard InChI is InChI=1S/C31H31NO2/c1-5-24(4)31(33)34-30-19-13-25(14-20-30)26-7-6-8-29(21-26)32(27-15-9-22(2)10-16-27)28-17-11-23(3)12-18-28/h6-21,24H,5H2,1-4H3. The van der Waals surface area contributed by atoms with E-state index in [2.05, 4.69) is 91.5 Å². The van der Waals surface area contributed by atoms with Crippen LogP contribution < -0.4 is 9.64 Å². The Morgan fingerprint density at radius 2 is 1.29 bits per heavy atom. The number of benzene rings is 4. The van der Waals surface area contributed by atoms with Crippen LogP contribution in [-0.2, 0) is 4.79 Å². The molecule has 3 heteroatoms. The van der Waals surface area contributed by atoms with E-state index in [4.69, 9.17) is 4.74 Å². The highest BCUT2D eigenvalue weighted by atomic mass is 16.5. The number of hydrogen-bond donors (Lipinski definition) is 0. The molecule has 0 N–H and O–H groups in total. The number of carbonyl (C=O) groups is 1. The second-order valence-corrected chi connectivity index (χ2v) is 8.81. The summed E-state index contributed by atoms with van der Waals surface area (Å²) in [5.41, 5.74) is 7.93. The molecule has 0 aliphatic rings. The monoisotopic (exact) mass is 449 g/mol. The van der Waals surface area contributed by atoms with Gasteiger partial charge in [-0.25, -0.2) is 0 Å². The third kappa shape index (κ3) is 5.37. The zero-order valence-electron chi connectivity index (χ0n) is 20.3. The molecule has 0 fully saturated rings. The molecular weight excluding hydrogens is 418 g/mol. The fraction of sp³-hybridized carbons (Fsp3) is 0.194. The maximum atomic E-state index is 12.1. The van der Waals surface area contributed by atoms with Gasteiger partial charge in [0.15, 0.2) is 0 Å². The topological polar surface area (TPSA) is 29.5 Å². The molecule has 0 aliphatic heterocycles. The van der Waals surface area contributed by atoms with Gasteiger partial charge in [0.05, 0.1) is 5.92 Å². The smallest absolute Gasteiger partial charge is 0.314 e. The van der Waals surface area contributed by atoms with E-state index in [1.54, 1.807) is 0 Å². The summed E-state index contributed by atoms with van der Waals surface area (Å²) in [6.45, 7) is 8.07. The Morgan fingerprint density at radius 1 is 0.735 bits per heavy atom. The molecule has 1 atom stereocenters. The SMILES string of the molecule is CCC(C)C(=O)Oc1ccc(-c2cccc(N(c3ccc(C)cc3)c3ccc(C)cc3)c2)cc1. The van der Waals surface area contributed by atoms with Crippen molar-refractivity contribution in [2.45, 2.75) is 34.1 Å². The van der Waals surface area contributed by atoms with Crippen LogP contribution in [0.15, 0.2) is 97.1 Å². The van der Waals surface area contributed by atoms with E-state index in [9.17, 15) is 4.79 Å². The van der Waals surface area contributed by atoms with E-state index >= 15 is 0 Å². The first kappa shape index (κ1) is 23.3. The van der Waals surface area contributed by atoms with Crippen molar-refractivity contribution in [1.29, 1.82) is 0 Å². The molecule has 0 saturated carbocycles. The quantitative estimate of drug-likeness (QED) is 0.210. The first-order valence-corrected chi connectivity index (χ1v) is 11.8. The molecule has 172 valence electrons. The number of anilines is 3. The Hall–Kier alpha value is -3.85. The molecule has 0 bridgehead atoms. The number of ether oxygens (including phenoxy) is 1. The summed E-state index contributed by atoms with van der Waals surface area (Å²) < 4.78 is 5.51. The van der Waals surface area contributed by atoms with Crippen LogP contribution in [0.2, 0.25) is 0 Å². The first-order chi connectivity index (χ1) is 16.4. The fourth-order valence-electron chi connectivity index (χ4n) is 3.76. The Balaban J connectivity index is 1.66. The van der Waals surface area contributed by atoms with Crippen molar-refractivity contribution < 1.29 is 9.53 Å². The summed E-state index contributed by atoms with van der Waals surface area (Å²) in [5, 5.41) is 0. The lowest BCUT2D eigenvalue weighted by Crippen LogP contribution is -2.16. The van der Waals surface area contributed by atoms with Gasteiger partial charge in [-0.05, 0) is 79.9 Å². The number of carbonyl (C=O) groups excluding carboxylic acids is 1. The predicted octanol–water partition coefficient (Wildman–Crippen LogP) is 8.39. The van der Waals surface area contributed by atoms with Crippen LogP contribution in [-0.4, -0.2) is 5.97 Å². The van der Waals surface area contributed by atoms with E-state index in [-0.39, 0.29) is 11.9 Å². The van der Waals surface area contributed by atoms with Gasteiger partial charge in [-0.3, -0.25) is 4.79 Å². The Bertz CT molecular complexity index is 1200. The van der Waals surface area contributed by atoms with Gasteiger partial charge in [0, 0.05) is 17.1 Å². The number of aryl methyl sites for hydroxylation is 2. The van der Waals surface area contributed by atoms with Crippen molar-refractivity contribution in [2.24, 2.45) is 5.92 Å². The van der Waals surface area contributed by atoms with Crippen molar-refractivity contribution in [1.82, 2.24) is 0 Å². The molecule has 0 radical (unpaired) electrons. The molecule has 4 aromatic carbocycles. The lowest BCUT2D eigenvalue weighted by molar-refractivity contribution is -0.138. The third-order valence-electron chi connectivity index (χ3n) is 6.11. The highest BCUT2D eigenvalue weighted by Crippen LogP contribution is 2.36. The van der Waals surface area contributed by atoms with Gasteiger partial charge >= 0.3 is 5.97 Å². The summed E-state index contributed by atoms with van der Waals surface area (Å²) in [6.07, 6.45) is 0.766. The molecule has 0 spiro atoms. The number of nitrogens with zero attached hydrogens (tertiary/aromatic N) is 1. The Labute approximate surface area is 202 Å². The molecule has 4 aromatic rings. The number of rotatable bonds is 7. The largest absolute Gasteiger partial charge is 0.426 e. The fourth-order valence-corrected chi connectivity index (χ4v) is 3.76. The molecule has 0 aromatic heterocycles. The zero-order valence-corrected chi connectivity index (χ0v) is 20.3. The van der Waals surface area contributed by atoms with E-state index in [1.165, 1.54) is 11.1 Å². The van der Waals surface area contributed by atoms with Crippen molar-refractivity contribution in [2.75, 3.05) is 4.90 Å². The second kappa shape index (κ2) is 10.4. The van der Waals surface area contributed by atoms with E-state index < -0.39 is 0 Å². The van der Waals surface area contributed by atoms with Crippen molar-refractivity contribution in [3.63, 3.8) is 0 Å². The van der Waals surface area contributed by atoms with Gasteiger partial charge in [-0.15, -0.1) is 0 Å². The molecule has 3 nitrogen and oxygen atoms in total. The minimum absolute atomic E-state index is 0.106. The molecule has 0 heterocycles. The Kier molecular flexibility index (Phi) is 7.12. The summed E-state index contributed by atoms with van der Waals surface area (Å²) in [6, 6.07) is 33.4. The van der Waals surface area contributed by atoms with Crippen LogP contribution in [0.25, 0.3) is 11.1 Å². The molecular formula is C31H31NO2. The molecule has 34 heavy (non-hydrogen) atoms. The highest BCUT2D eigenvalue weighted by molar-refractivity contribution is 5.80. The van der Waals surface area contributed by atoms with Gasteiger partial charge < -0.3 is 9.64 Å². The van der Waals surface area contributed by atoms with Gasteiger partial charge in [0.25, 0.3) is 0 Å². The number of esters is 1. The normalized spacial score (nSPS) is 11.6. The van der Waals surface area contributed by atoms with Crippen molar-refractivity contribution >= 4 is 23.0 Å². The van der Waals surface area contributed by atoms with Crippen molar-refractivity contribution in [3.05, 3.63) is 108 Å². The molecule has 0 amide bonds.